The topological polar surface area (TPSA) is 0 Å². The van der Waals surface area contributed by atoms with Gasteiger partial charge in [-0.3, -0.25) is 0 Å². The molecule has 0 aromatic carbocycles. The van der Waals surface area contributed by atoms with Crippen LogP contribution in [-0.4, -0.2) is 5.33 Å². The Kier molecular flexibility index (Phi) is 1.56. The molecule has 0 spiro atoms. The Morgan fingerprint density at radius 1 is 1.11 bits per heavy atom. The van der Waals surface area contributed by atoms with Crippen LogP contribution < -0.4 is 0 Å². The van der Waals surface area contributed by atoms with Crippen molar-refractivity contribution in [2.45, 2.75) is 25.7 Å². The molecule has 1 heteroatoms. The summed E-state index contributed by atoms with van der Waals surface area (Å²) >= 11 is 3.57. The lowest BCUT2D eigenvalue weighted by atomic mass is 10.0. The van der Waals surface area contributed by atoms with E-state index >= 15 is 0 Å². The van der Waals surface area contributed by atoms with E-state index in [-0.39, 0.29) is 0 Å². The third-order valence-corrected chi connectivity index (χ3v) is 3.76. The largest absolute Gasteiger partial charge is 0.0925 e. The second-order valence-corrected chi connectivity index (χ2v) is 4.08. The molecule has 0 radical (unpaired) electrons. The maximum absolute atomic E-state index is 3.57. The van der Waals surface area contributed by atoms with Crippen molar-refractivity contribution in [3.8, 4) is 0 Å². The van der Waals surface area contributed by atoms with Gasteiger partial charge in [0.25, 0.3) is 0 Å². The molecular weight excluding hydrogens is 176 g/mol. The van der Waals surface area contributed by atoms with Crippen LogP contribution in [0.3, 0.4) is 0 Å². The molecule has 9 heavy (non-hydrogen) atoms. The minimum Gasteiger partial charge on any atom is -0.0925 e. The summed E-state index contributed by atoms with van der Waals surface area (Å²) in [5.74, 6) is 3.35. The van der Waals surface area contributed by atoms with Gasteiger partial charge in [0.2, 0.25) is 0 Å². The van der Waals surface area contributed by atoms with Crippen molar-refractivity contribution in [3.63, 3.8) is 0 Å². The molecule has 2 atom stereocenters. The number of rotatable bonds is 1. The van der Waals surface area contributed by atoms with Gasteiger partial charge in [-0.2, -0.15) is 0 Å². The molecule has 2 saturated carbocycles. The number of hydrogen-bond donors (Lipinski definition) is 0. The van der Waals surface area contributed by atoms with E-state index in [4.69, 9.17) is 0 Å². The Labute approximate surface area is 65.1 Å². The summed E-state index contributed by atoms with van der Waals surface area (Å²) < 4.78 is 0. The lowest BCUT2D eigenvalue weighted by Crippen LogP contribution is -1.91. The Bertz CT molecular complexity index is 92.4. The molecule has 0 aliphatic heterocycles. The zero-order chi connectivity index (χ0) is 6.27. The summed E-state index contributed by atoms with van der Waals surface area (Å²) in [5.41, 5.74) is 0. The number of hydrogen-bond acceptors (Lipinski definition) is 0. The fourth-order valence-electron chi connectivity index (χ4n) is 2.37. The first kappa shape index (κ1) is 6.21. The summed E-state index contributed by atoms with van der Waals surface area (Å²) in [6, 6.07) is 0. The average molecular weight is 189 g/mol. The molecule has 0 aromatic heterocycles. The van der Waals surface area contributed by atoms with E-state index in [0.29, 0.717) is 0 Å². The minimum absolute atomic E-state index is 1.08. The first-order valence-corrected chi connectivity index (χ1v) is 5.11. The smallest absolute Gasteiger partial charge is 0.00651 e. The highest BCUT2D eigenvalue weighted by Gasteiger charge is 2.49. The van der Waals surface area contributed by atoms with E-state index in [1.807, 2.05) is 0 Å². The van der Waals surface area contributed by atoms with Crippen molar-refractivity contribution in [1.29, 1.82) is 0 Å². The molecule has 0 unspecified atom stereocenters. The van der Waals surface area contributed by atoms with Crippen LogP contribution in [0.15, 0.2) is 0 Å². The third kappa shape index (κ3) is 0.938. The zero-order valence-electron chi connectivity index (χ0n) is 5.65. The first-order valence-electron chi connectivity index (χ1n) is 3.99. The van der Waals surface area contributed by atoms with Crippen LogP contribution >= 0.6 is 15.9 Å². The molecule has 0 nitrogen and oxygen atoms in total. The molecule has 0 N–H and O–H groups in total. The predicted octanol–water partition coefficient (Wildman–Crippen LogP) is 2.82. The van der Waals surface area contributed by atoms with Crippen LogP contribution in [0.5, 0.6) is 0 Å². The molecule has 0 saturated heterocycles. The average Bonchev–Trinajstić information content (AvgIpc) is 2.60. The molecule has 0 bridgehead atoms. The molecular formula is C8H13Br. The maximum atomic E-state index is 3.57. The normalized spacial score (nSPS) is 48.3. The van der Waals surface area contributed by atoms with Gasteiger partial charge in [0.1, 0.15) is 0 Å². The van der Waals surface area contributed by atoms with Gasteiger partial charge in [-0.15, -0.1) is 0 Å². The molecule has 0 heterocycles. The van der Waals surface area contributed by atoms with Gasteiger partial charge in [-0.1, -0.05) is 28.8 Å². The fraction of sp³-hybridized carbons (Fsp3) is 1.00. The van der Waals surface area contributed by atoms with Crippen molar-refractivity contribution < 1.29 is 0 Å². The van der Waals surface area contributed by atoms with E-state index in [9.17, 15) is 0 Å². The highest BCUT2D eigenvalue weighted by Crippen LogP contribution is 2.55. The highest BCUT2D eigenvalue weighted by atomic mass is 79.9. The Balaban J connectivity index is 1.91. The standard InChI is InChI=1S/C8H13Br/c9-5-8-6-3-1-2-4-7(6)8/h6-8H,1-5H2/t6-,7-/m0/s1. The van der Waals surface area contributed by atoms with Crippen LogP contribution in [0.1, 0.15) is 25.7 Å². The van der Waals surface area contributed by atoms with Gasteiger partial charge in [0.05, 0.1) is 0 Å². The van der Waals surface area contributed by atoms with Crippen molar-refractivity contribution in [2.24, 2.45) is 17.8 Å². The summed E-state index contributed by atoms with van der Waals surface area (Å²) in [4.78, 5) is 0. The van der Waals surface area contributed by atoms with E-state index < -0.39 is 0 Å². The van der Waals surface area contributed by atoms with E-state index in [0.717, 1.165) is 17.8 Å². The quantitative estimate of drug-likeness (QED) is 0.556. The van der Waals surface area contributed by atoms with Gasteiger partial charge in [0.15, 0.2) is 0 Å². The van der Waals surface area contributed by atoms with E-state index in [2.05, 4.69) is 15.9 Å². The van der Waals surface area contributed by atoms with Crippen LogP contribution in [0.25, 0.3) is 0 Å². The van der Waals surface area contributed by atoms with Crippen molar-refractivity contribution in [3.05, 3.63) is 0 Å². The van der Waals surface area contributed by atoms with Crippen LogP contribution in [0.4, 0.5) is 0 Å². The fourth-order valence-corrected chi connectivity index (χ4v) is 3.33. The van der Waals surface area contributed by atoms with Crippen LogP contribution in [0.2, 0.25) is 0 Å². The van der Waals surface area contributed by atoms with E-state index in [1.54, 1.807) is 0 Å². The molecule has 2 rings (SSSR count). The lowest BCUT2D eigenvalue weighted by molar-refractivity contribution is 0.480. The SMILES string of the molecule is BrCC1[C@H]2CCCC[C@H]12. The van der Waals surface area contributed by atoms with Crippen LogP contribution in [-0.2, 0) is 0 Å². The molecule has 2 fully saturated rings. The van der Waals surface area contributed by atoms with Crippen molar-refractivity contribution in [2.75, 3.05) is 5.33 Å². The summed E-state index contributed by atoms with van der Waals surface area (Å²) in [7, 11) is 0. The van der Waals surface area contributed by atoms with Gasteiger partial charge in [-0.05, 0) is 30.6 Å². The maximum Gasteiger partial charge on any atom is 0.00651 e. The van der Waals surface area contributed by atoms with Gasteiger partial charge < -0.3 is 0 Å². The predicted molar refractivity (Wildman–Crippen MR) is 42.7 cm³/mol. The zero-order valence-corrected chi connectivity index (χ0v) is 7.23. The van der Waals surface area contributed by atoms with Crippen molar-refractivity contribution >= 4 is 15.9 Å². The molecule has 0 aromatic rings. The first-order chi connectivity index (χ1) is 4.43. The van der Waals surface area contributed by atoms with E-state index in [1.165, 1.54) is 31.0 Å². The Morgan fingerprint density at radius 3 is 2.11 bits per heavy atom. The number of alkyl halides is 1. The number of halogens is 1. The summed E-state index contributed by atoms with van der Waals surface area (Å²) in [5, 5.41) is 1.27. The Hall–Kier alpha value is 0.480. The summed E-state index contributed by atoms with van der Waals surface area (Å²) in [6.07, 6.45) is 6.07. The van der Waals surface area contributed by atoms with Gasteiger partial charge in [0, 0.05) is 5.33 Å². The number of fused-ring (bicyclic) bond motifs is 1. The van der Waals surface area contributed by atoms with Crippen molar-refractivity contribution in [1.82, 2.24) is 0 Å². The summed E-state index contributed by atoms with van der Waals surface area (Å²) in [6.45, 7) is 0. The van der Waals surface area contributed by atoms with Gasteiger partial charge in [-0.25, -0.2) is 0 Å². The monoisotopic (exact) mass is 188 g/mol. The lowest BCUT2D eigenvalue weighted by Gasteiger charge is -2.04. The minimum atomic E-state index is 1.08. The Morgan fingerprint density at radius 2 is 1.67 bits per heavy atom. The second-order valence-electron chi connectivity index (χ2n) is 3.43. The van der Waals surface area contributed by atoms with Gasteiger partial charge >= 0.3 is 0 Å². The second kappa shape index (κ2) is 2.26. The highest BCUT2D eigenvalue weighted by molar-refractivity contribution is 9.09. The van der Waals surface area contributed by atoms with Crippen LogP contribution in [0, 0.1) is 17.8 Å². The molecule has 52 valence electrons. The molecule has 2 aliphatic carbocycles. The third-order valence-electron chi connectivity index (χ3n) is 3.01. The molecule has 2 aliphatic rings. The molecule has 0 amide bonds.